The maximum absolute atomic E-state index is 13.5. The molecule has 0 bridgehead atoms. The molecule has 4 N–H and O–H groups in total. The van der Waals surface area contributed by atoms with Crippen LogP contribution in [0.3, 0.4) is 0 Å². The molecule has 0 unspecified atom stereocenters. The number of pyridine rings is 2. The van der Waals surface area contributed by atoms with E-state index in [2.05, 4.69) is 15.3 Å². The van der Waals surface area contributed by atoms with Crippen molar-refractivity contribution in [2.75, 3.05) is 0 Å². The lowest BCUT2D eigenvalue weighted by Gasteiger charge is -2.10. The van der Waals surface area contributed by atoms with Crippen LogP contribution >= 0.6 is 0 Å². The minimum atomic E-state index is -0.995. The zero-order valence-electron chi connectivity index (χ0n) is 19.7. The van der Waals surface area contributed by atoms with Gasteiger partial charge in [0.15, 0.2) is 11.6 Å². The summed E-state index contributed by atoms with van der Waals surface area (Å²) in [6.07, 6.45) is 5.12. The summed E-state index contributed by atoms with van der Waals surface area (Å²) in [6, 6.07) is 16.1. The smallest absolute Gasteiger partial charge is 0.263 e. The molecule has 3 heterocycles. The van der Waals surface area contributed by atoms with E-state index in [9.17, 15) is 18.4 Å². The third-order valence-corrected chi connectivity index (χ3v) is 6.12. The van der Waals surface area contributed by atoms with Crippen molar-refractivity contribution in [3.8, 4) is 11.1 Å². The van der Waals surface area contributed by atoms with Crippen molar-refractivity contribution >= 4 is 16.9 Å². The monoisotopic (exact) mass is 499 g/mol. The van der Waals surface area contributed by atoms with Gasteiger partial charge < -0.3 is 20.6 Å². The Balaban J connectivity index is 1.32. The zero-order chi connectivity index (χ0) is 25.9. The first-order valence-electron chi connectivity index (χ1n) is 11.6. The summed E-state index contributed by atoms with van der Waals surface area (Å²) in [7, 11) is 0. The summed E-state index contributed by atoms with van der Waals surface area (Å²) >= 11 is 0. The largest absolute Gasteiger partial charge is 0.348 e. The summed E-state index contributed by atoms with van der Waals surface area (Å²) in [5, 5.41) is 3.75. The lowest BCUT2D eigenvalue weighted by atomic mass is 10.0. The molecule has 0 saturated carbocycles. The normalized spacial score (nSPS) is 11.1. The van der Waals surface area contributed by atoms with Crippen molar-refractivity contribution in [3.05, 3.63) is 123 Å². The first kappa shape index (κ1) is 24.1. The summed E-state index contributed by atoms with van der Waals surface area (Å²) in [6.45, 7) is 0.602. The number of nitrogens with zero attached hydrogens (tertiary/aromatic N) is 2. The number of hydrogen-bond donors (Lipinski definition) is 3. The molecule has 0 aliphatic carbocycles. The molecule has 37 heavy (non-hydrogen) atoms. The predicted molar refractivity (Wildman–Crippen MR) is 137 cm³/mol. The second kappa shape index (κ2) is 10.2. The van der Waals surface area contributed by atoms with Gasteiger partial charge in [-0.3, -0.25) is 9.59 Å². The maximum Gasteiger partial charge on any atom is 0.263 e. The highest BCUT2D eigenvalue weighted by Crippen LogP contribution is 2.29. The third-order valence-electron chi connectivity index (χ3n) is 6.12. The van der Waals surface area contributed by atoms with Crippen LogP contribution in [0.15, 0.2) is 84.0 Å². The van der Waals surface area contributed by atoms with Crippen LogP contribution in [0.2, 0.25) is 0 Å². The number of aromatic nitrogens is 3. The molecule has 0 radical (unpaired) electrons. The molecule has 7 nitrogen and oxygen atoms in total. The highest BCUT2D eigenvalue weighted by atomic mass is 19.2. The van der Waals surface area contributed by atoms with E-state index in [0.29, 0.717) is 12.1 Å². The van der Waals surface area contributed by atoms with Crippen LogP contribution in [0.1, 0.15) is 27.0 Å². The number of nitrogens with one attached hydrogen (secondary N) is 2. The molecule has 0 fully saturated rings. The third kappa shape index (κ3) is 5.03. The highest BCUT2D eigenvalue weighted by Gasteiger charge is 2.14. The Morgan fingerprint density at radius 1 is 1.00 bits per heavy atom. The number of halogens is 2. The van der Waals surface area contributed by atoms with Gasteiger partial charge in [0.25, 0.3) is 11.5 Å². The number of rotatable bonds is 7. The zero-order valence-corrected chi connectivity index (χ0v) is 19.7. The lowest BCUT2D eigenvalue weighted by Crippen LogP contribution is -2.32. The predicted octanol–water partition coefficient (Wildman–Crippen LogP) is 4.11. The molecule has 9 heteroatoms. The summed E-state index contributed by atoms with van der Waals surface area (Å²) < 4.78 is 28.0. The second-order valence-electron chi connectivity index (χ2n) is 8.63. The number of carbonyl (C=O) groups excluding carboxylic acids is 1. The van der Waals surface area contributed by atoms with Gasteiger partial charge in [-0.05, 0) is 58.7 Å². The van der Waals surface area contributed by atoms with Gasteiger partial charge in [0.1, 0.15) is 11.2 Å². The van der Waals surface area contributed by atoms with E-state index in [-0.39, 0.29) is 18.7 Å². The Kier molecular flexibility index (Phi) is 6.61. The van der Waals surface area contributed by atoms with E-state index >= 15 is 0 Å². The average molecular weight is 500 g/mol. The Morgan fingerprint density at radius 3 is 2.68 bits per heavy atom. The van der Waals surface area contributed by atoms with Crippen molar-refractivity contribution in [2.45, 2.75) is 19.6 Å². The molecule has 0 aliphatic heterocycles. The van der Waals surface area contributed by atoms with Gasteiger partial charge in [0, 0.05) is 42.6 Å². The van der Waals surface area contributed by atoms with Crippen molar-refractivity contribution < 1.29 is 13.6 Å². The van der Waals surface area contributed by atoms with Crippen LogP contribution < -0.4 is 16.6 Å². The number of nitrogens with two attached hydrogens (primary N) is 1. The quantitative estimate of drug-likeness (QED) is 0.313. The van der Waals surface area contributed by atoms with E-state index in [1.165, 1.54) is 22.9 Å². The van der Waals surface area contributed by atoms with Crippen LogP contribution in [0, 0.1) is 11.6 Å². The summed E-state index contributed by atoms with van der Waals surface area (Å²) in [5.74, 6) is -2.49. The molecule has 2 aromatic carbocycles. The standard InChI is InChI=1S/C28H23F2N5O2/c29-24-7-6-18(11-25(24)30)16-35-8-2-5-21(28(35)37)27(36)34-13-17-3-1-4-20(9-17)23-15-33-26-22(23)10-19(12-31)14-32-26/h1-11,14-15H,12-13,16,31H2,(H,32,33)(H,34,36). The van der Waals surface area contributed by atoms with Gasteiger partial charge in [-0.1, -0.05) is 24.3 Å². The Bertz CT molecular complexity index is 1680. The molecule has 3 aromatic heterocycles. The van der Waals surface area contributed by atoms with Crippen LogP contribution in [-0.4, -0.2) is 20.4 Å². The maximum atomic E-state index is 13.5. The molecule has 5 rings (SSSR count). The van der Waals surface area contributed by atoms with Crippen LogP contribution in [-0.2, 0) is 19.6 Å². The Hall–Kier alpha value is -4.63. The van der Waals surface area contributed by atoms with Crippen molar-refractivity contribution in [2.24, 2.45) is 5.73 Å². The van der Waals surface area contributed by atoms with Crippen molar-refractivity contribution in [1.29, 1.82) is 0 Å². The Morgan fingerprint density at radius 2 is 1.86 bits per heavy atom. The van der Waals surface area contributed by atoms with Crippen LogP contribution in [0.25, 0.3) is 22.2 Å². The van der Waals surface area contributed by atoms with E-state index in [1.54, 1.807) is 12.3 Å². The van der Waals surface area contributed by atoms with Gasteiger partial charge in [-0.25, -0.2) is 13.8 Å². The van der Waals surface area contributed by atoms with Crippen LogP contribution in [0.4, 0.5) is 8.78 Å². The molecular weight excluding hydrogens is 476 g/mol. The minimum absolute atomic E-state index is 0.00451. The van der Waals surface area contributed by atoms with Crippen molar-refractivity contribution in [1.82, 2.24) is 19.9 Å². The first-order valence-corrected chi connectivity index (χ1v) is 11.6. The lowest BCUT2D eigenvalue weighted by molar-refractivity contribution is 0.0948. The summed E-state index contributed by atoms with van der Waals surface area (Å²) in [5.41, 5.74) is 10.0. The number of benzene rings is 2. The number of H-pyrrole nitrogens is 1. The van der Waals surface area contributed by atoms with Gasteiger partial charge >= 0.3 is 0 Å². The SMILES string of the molecule is NCc1cnc2[nH]cc(-c3cccc(CNC(=O)c4cccn(Cc5ccc(F)c(F)c5)c4=O)c3)c2c1. The van der Waals surface area contributed by atoms with Crippen molar-refractivity contribution in [3.63, 3.8) is 0 Å². The molecule has 1 amide bonds. The van der Waals surface area contributed by atoms with Gasteiger partial charge in [-0.15, -0.1) is 0 Å². The molecule has 0 atom stereocenters. The number of hydrogen-bond acceptors (Lipinski definition) is 4. The van der Waals surface area contributed by atoms with Gasteiger partial charge in [-0.2, -0.15) is 0 Å². The molecular formula is C28H23F2N5O2. The number of aromatic amines is 1. The van der Waals surface area contributed by atoms with E-state index in [0.717, 1.165) is 45.4 Å². The fraction of sp³-hybridized carbons (Fsp3) is 0.107. The minimum Gasteiger partial charge on any atom is -0.348 e. The van der Waals surface area contributed by atoms with E-state index in [4.69, 9.17) is 5.73 Å². The Labute approximate surface area is 210 Å². The van der Waals surface area contributed by atoms with Gasteiger partial charge in [0.2, 0.25) is 0 Å². The highest BCUT2D eigenvalue weighted by molar-refractivity contribution is 5.94. The van der Waals surface area contributed by atoms with E-state index < -0.39 is 23.1 Å². The molecule has 186 valence electrons. The van der Waals surface area contributed by atoms with E-state index in [1.807, 2.05) is 36.5 Å². The number of amides is 1. The van der Waals surface area contributed by atoms with Gasteiger partial charge in [0.05, 0.1) is 6.54 Å². The molecule has 5 aromatic rings. The fourth-order valence-electron chi connectivity index (χ4n) is 4.19. The molecule has 0 saturated heterocycles. The fourth-order valence-corrected chi connectivity index (χ4v) is 4.19. The molecule has 0 aliphatic rings. The summed E-state index contributed by atoms with van der Waals surface area (Å²) in [4.78, 5) is 33.3. The molecule has 0 spiro atoms. The van der Waals surface area contributed by atoms with Crippen LogP contribution in [0.5, 0.6) is 0 Å². The topological polar surface area (TPSA) is 106 Å². The number of carbonyl (C=O) groups is 1. The average Bonchev–Trinajstić information content (AvgIpc) is 3.34. The first-order chi connectivity index (χ1) is 17.9. The second-order valence-corrected chi connectivity index (χ2v) is 8.63. The number of fused-ring (bicyclic) bond motifs is 1.